The van der Waals surface area contributed by atoms with Crippen molar-refractivity contribution in [3.8, 4) is 0 Å². The molecule has 0 unspecified atom stereocenters. The number of nitrogens with one attached hydrogen (secondary N) is 2. The molecule has 5 heteroatoms. The quantitative estimate of drug-likeness (QED) is 0.588. The lowest BCUT2D eigenvalue weighted by Crippen LogP contribution is -2.12. The SMILES string of the molecule is NNc1ccc(C(=O)Nc2ccc(Cl)cc2)cc1. The molecule has 18 heavy (non-hydrogen) atoms. The van der Waals surface area contributed by atoms with Crippen molar-refractivity contribution in [2.45, 2.75) is 0 Å². The number of benzene rings is 2. The molecule has 0 saturated heterocycles. The zero-order valence-corrected chi connectivity index (χ0v) is 10.2. The Kier molecular flexibility index (Phi) is 3.82. The highest BCUT2D eigenvalue weighted by Gasteiger charge is 2.05. The molecule has 0 atom stereocenters. The predicted molar refractivity (Wildman–Crippen MR) is 73.7 cm³/mol. The van der Waals surface area contributed by atoms with Crippen molar-refractivity contribution in [2.24, 2.45) is 5.84 Å². The highest BCUT2D eigenvalue weighted by Crippen LogP contribution is 2.15. The van der Waals surface area contributed by atoms with Gasteiger partial charge in [-0.05, 0) is 48.5 Å². The zero-order chi connectivity index (χ0) is 13.0. The maximum absolute atomic E-state index is 11.9. The molecule has 2 aromatic rings. The molecule has 0 fully saturated rings. The standard InChI is InChI=1S/C13H12ClN3O/c14-10-3-7-11(8-4-10)16-13(18)9-1-5-12(17-15)6-2-9/h1-8,17H,15H2,(H,16,18). The number of amides is 1. The Labute approximate surface area is 110 Å². The minimum atomic E-state index is -0.180. The summed E-state index contributed by atoms with van der Waals surface area (Å²) in [6.07, 6.45) is 0. The van der Waals surface area contributed by atoms with E-state index in [4.69, 9.17) is 17.4 Å². The number of carbonyl (C=O) groups is 1. The van der Waals surface area contributed by atoms with Crippen LogP contribution in [0.2, 0.25) is 5.02 Å². The van der Waals surface area contributed by atoms with Crippen LogP contribution >= 0.6 is 11.6 Å². The van der Waals surface area contributed by atoms with E-state index in [0.717, 1.165) is 5.69 Å². The molecular weight excluding hydrogens is 250 g/mol. The summed E-state index contributed by atoms with van der Waals surface area (Å²) in [7, 11) is 0. The monoisotopic (exact) mass is 261 g/mol. The van der Waals surface area contributed by atoms with Crippen LogP contribution in [0.4, 0.5) is 11.4 Å². The van der Waals surface area contributed by atoms with Gasteiger partial charge in [0.25, 0.3) is 5.91 Å². The molecule has 4 N–H and O–H groups in total. The number of halogens is 1. The highest BCUT2D eigenvalue weighted by molar-refractivity contribution is 6.30. The molecule has 0 radical (unpaired) electrons. The van der Waals surface area contributed by atoms with Crippen LogP contribution in [-0.2, 0) is 0 Å². The van der Waals surface area contributed by atoms with Crippen LogP contribution in [0, 0.1) is 0 Å². The van der Waals surface area contributed by atoms with Crippen LogP contribution in [-0.4, -0.2) is 5.91 Å². The molecule has 4 nitrogen and oxygen atoms in total. The van der Waals surface area contributed by atoms with Crippen LogP contribution in [0.25, 0.3) is 0 Å². The summed E-state index contributed by atoms with van der Waals surface area (Å²) in [6, 6.07) is 13.8. The van der Waals surface area contributed by atoms with Crippen molar-refractivity contribution >= 4 is 28.9 Å². The molecule has 0 heterocycles. The first kappa shape index (κ1) is 12.4. The van der Waals surface area contributed by atoms with Gasteiger partial charge in [0.15, 0.2) is 0 Å². The van der Waals surface area contributed by atoms with E-state index in [0.29, 0.717) is 16.3 Å². The maximum Gasteiger partial charge on any atom is 0.255 e. The van der Waals surface area contributed by atoms with Gasteiger partial charge in [-0.1, -0.05) is 11.6 Å². The van der Waals surface area contributed by atoms with Gasteiger partial charge in [-0.3, -0.25) is 10.6 Å². The van der Waals surface area contributed by atoms with E-state index >= 15 is 0 Å². The Hall–Kier alpha value is -2.04. The second-order valence-corrected chi connectivity index (χ2v) is 4.12. The predicted octanol–water partition coefficient (Wildman–Crippen LogP) is 2.88. The zero-order valence-electron chi connectivity index (χ0n) is 9.48. The number of carbonyl (C=O) groups excluding carboxylic acids is 1. The van der Waals surface area contributed by atoms with Gasteiger partial charge in [-0.15, -0.1) is 0 Å². The van der Waals surface area contributed by atoms with Gasteiger partial charge in [0.2, 0.25) is 0 Å². The van der Waals surface area contributed by atoms with E-state index < -0.39 is 0 Å². The van der Waals surface area contributed by atoms with E-state index in [1.54, 1.807) is 48.5 Å². The summed E-state index contributed by atoms with van der Waals surface area (Å²) in [6.45, 7) is 0. The summed E-state index contributed by atoms with van der Waals surface area (Å²) in [4.78, 5) is 11.9. The number of hydrazine groups is 1. The Morgan fingerprint density at radius 3 is 2.06 bits per heavy atom. The highest BCUT2D eigenvalue weighted by atomic mass is 35.5. The molecule has 0 aliphatic rings. The second kappa shape index (κ2) is 5.53. The molecule has 2 aromatic carbocycles. The fourth-order valence-corrected chi connectivity index (χ4v) is 1.58. The number of anilines is 2. The Morgan fingerprint density at radius 1 is 0.944 bits per heavy atom. The van der Waals surface area contributed by atoms with Crippen molar-refractivity contribution in [3.63, 3.8) is 0 Å². The van der Waals surface area contributed by atoms with Gasteiger partial charge >= 0.3 is 0 Å². The van der Waals surface area contributed by atoms with Crippen LogP contribution in [0.15, 0.2) is 48.5 Å². The fourth-order valence-electron chi connectivity index (χ4n) is 1.45. The lowest BCUT2D eigenvalue weighted by molar-refractivity contribution is 0.102. The summed E-state index contributed by atoms with van der Waals surface area (Å²) in [5, 5.41) is 3.40. The number of nitrogen functional groups attached to an aromatic ring is 1. The van der Waals surface area contributed by atoms with Crippen LogP contribution < -0.4 is 16.6 Å². The average Bonchev–Trinajstić information content (AvgIpc) is 2.41. The first-order valence-electron chi connectivity index (χ1n) is 5.32. The van der Waals surface area contributed by atoms with E-state index in [-0.39, 0.29) is 5.91 Å². The summed E-state index contributed by atoms with van der Waals surface area (Å²) >= 11 is 5.77. The second-order valence-electron chi connectivity index (χ2n) is 3.68. The molecule has 92 valence electrons. The summed E-state index contributed by atoms with van der Waals surface area (Å²) in [5.74, 6) is 5.07. The van der Waals surface area contributed by atoms with Crippen LogP contribution in [0.5, 0.6) is 0 Å². The van der Waals surface area contributed by atoms with Crippen molar-refractivity contribution in [1.82, 2.24) is 0 Å². The first-order chi connectivity index (χ1) is 8.69. The Balaban J connectivity index is 2.09. The number of hydrogen-bond donors (Lipinski definition) is 3. The van der Waals surface area contributed by atoms with E-state index in [1.165, 1.54) is 0 Å². The molecule has 2 rings (SSSR count). The molecule has 0 saturated carbocycles. The molecule has 0 aliphatic heterocycles. The van der Waals surface area contributed by atoms with Gasteiger partial charge in [-0.2, -0.15) is 0 Å². The number of hydrogen-bond acceptors (Lipinski definition) is 3. The van der Waals surface area contributed by atoms with Gasteiger partial charge in [0, 0.05) is 22.0 Å². The molecule has 0 bridgehead atoms. The van der Waals surface area contributed by atoms with Gasteiger partial charge in [0.1, 0.15) is 0 Å². The van der Waals surface area contributed by atoms with E-state index in [2.05, 4.69) is 10.7 Å². The minimum Gasteiger partial charge on any atom is -0.324 e. The number of nitrogens with two attached hydrogens (primary N) is 1. The average molecular weight is 262 g/mol. The summed E-state index contributed by atoms with van der Waals surface area (Å²) in [5.41, 5.74) is 4.51. The topological polar surface area (TPSA) is 67.1 Å². The van der Waals surface area contributed by atoms with Gasteiger partial charge < -0.3 is 10.7 Å². The first-order valence-corrected chi connectivity index (χ1v) is 5.70. The van der Waals surface area contributed by atoms with Crippen molar-refractivity contribution in [2.75, 3.05) is 10.7 Å². The molecule has 0 aliphatic carbocycles. The fraction of sp³-hybridized carbons (Fsp3) is 0. The normalized spacial score (nSPS) is 9.89. The largest absolute Gasteiger partial charge is 0.324 e. The van der Waals surface area contributed by atoms with Crippen molar-refractivity contribution in [3.05, 3.63) is 59.1 Å². The maximum atomic E-state index is 11.9. The third kappa shape index (κ3) is 3.00. The lowest BCUT2D eigenvalue weighted by atomic mass is 10.2. The molecule has 1 amide bonds. The van der Waals surface area contributed by atoms with Crippen molar-refractivity contribution in [1.29, 1.82) is 0 Å². The van der Waals surface area contributed by atoms with Crippen LogP contribution in [0.1, 0.15) is 10.4 Å². The molecule has 0 spiro atoms. The Bertz CT molecular complexity index is 537. The molecular formula is C13H12ClN3O. The number of rotatable bonds is 3. The smallest absolute Gasteiger partial charge is 0.255 e. The van der Waals surface area contributed by atoms with E-state index in [1.807, 2.05) is 0 Å². The van der Waals surface area contributed by atoms with Gasteiger partial charge in [0.05, 0.1) is 0 Å². The lowest BCUT2D eigenvalue weighted by Gasteiger charge is -2.06. The van der Waals surface area contributed by atoms with E-state index in [9.17, 15) is 4.79 Å². The minimum absolute atomic E-state index is 0.180. The van der Waals surface area contributed by atoms with Crippen molar-refractivity contribution < 1.29 is 4.79 Å². The third-order valence-electron chi connectivity index (χ3n) is 2.42. The van der Waals surface area contributed by atoms with Gasteiger partial charge in [-0.25, -0.2) is 0 Å². The van der Waals surface area contributed by atoms with Crippen LogP contribution in [0.3, 0.4) is 0 Å². The molecule has 0 aromatic heterocycles. The summed E-state index contributed by atoms with van der Waals surface area (Å²) < 4.78 is 0. The third-order valence-corrected chi connectivity index (χ3v) is 2.67. The Morgan fingerprint density at radius 2 is 1.50 bits per heavy atom.